The maximum Gasteiger partial charge on any atom is 0.339 e. The van der Waals surface area contributed by atoms with Gasteiger partial charge in [-0.2, -0.15) is 0 Å². The summed E-state index contributed by atoms with van der Waals surface area (Å²) in [5.74, 6) is -0.0345. The van der Waals surface area contributed by atoms with Crippen LogP contribution in [0.15, 0.2) is 66.7 Å². The summed E-state index contributed by atoms with van der Waals surface area (Å²) in [7, 11) is 0. The quantitative estimate of drug-likeness (QED) is 0.199. The Labute approximate surface area is 176 Å². The van der Waals surface area contributed by atoms with Gasteiger partial charge < -0.3 is 14.2 Å². The van der Waals surface area contributed by atoms with Gasteiger partial charge in [-0.3, -0.25) is 10.1 Å². The highest BCUT2D eigenvalue weighted by atomic mass is 16.7. The Morgan fingerprint density at radius 3 is 2.35 bits per heavy atom. The number of hydrogen-bond donors (Lipinski definition) is 0. The summed E-state index contributed by atoms with van der Waals surface area (Å²) in [5.41, 5.74) is 1.36. The van der Waals surface area contributed by atoms with Crippen LogP contribution in [-0.4, -0.2) is 17.7 Å². The van der Waals surface area contributed by atoms with Crippen LogP contribution in [0.1, 0.15) is 21.5 Å². The smallest absolute Gasteiger partial charge is 0.339 e. The number of ether oxygens (including phenoxy) is 3. The average Bonchev–Trinajstić information content (AvgIpc) is 2.80. The first kappa shape index (κ1) is 19.0. The molecule has 1 heterocycles. The summed E-state index contributed by atoms with van der Waals surface area (Å²) in [6, 6.07) is 20.1. The molecule has 0 N–H and O–H groups in total. The number of carbonyl (C=O) groups is 1. The van der Waals surface area contributed by atoms with E-state index in [2.05, 4.69) is 0 Å². The predicted molar refractivity (Wildman–Crippen MR) is 114 cm³/mol. The Balaban J connectivity index is 1.54. The van der Waals surface area contributed by atoms with Crippen LogP contribution in [0.5, 0.6) is 5.75 Å². The minimum Gasteiger partial charge on any atom is -0.467 e. The van der Waals surface area contributed by atoms with Crippen LogP contribution in [-0.2, 0) is 22.7 Å². The third-order valence-electron chi connectivity index (χ3n) is 5.32. The minimum atomic E-state index is -0.500. The molecule has 31 heavy (non-hydrogen) atoms. The molecule has 0 aromatic heterocycles. The van der Waals surface area contributed by atoms with E-state index in [1.807, 2.05) is 54.6 Å². The normalized spacial score (nSPS) is 12.9. The third kappa shape index (κ3) is 3.45. The van der Waals surface area contributed by atoms with Crippen LogP contribution in [0, 0.1) is 10.1 Å². The second-order valence-corrected chi connectivity index (χ2v) is 7.23. The van der Waals surface area contributed by atoms with Crippen molar-refractivity contribution in [2.45, 2.75) is 13.2 Å². The Hall–Kier alpha value is -3.97. The van der Waals surface area contributed by atoms with Crippen molar-refractivity contribution in [2.24, 2.45) is 0 Å². The van der Waals surface area contributed by atoms with Crippen molar-refractivity contribution in [2.75, 3.05) is 6.79 Å². The molecule has 0 atom stereocenters. The molecule has 0 spiro atoms. The zero-order valence-electron chi connectivity index (χ0n) is 16.4. The second kappa shape index (κ2) is 7.70. The molecule has 0 fully saturated rings. The number of esters is 1. The van der Waals surface area contributed by atoms with Gasteiger partial charge in [-0.15, -0.1) is 0 Å². The molecule has 0 radical (unpaired) electrons. The lowest BCUT2D eigenvalue weighted by Gasteiger charge is -2.20. The first-order valence-electron chi connectivity index (χ1n) is 9.70. The Morgan fingerprint density at radius 1 is 1.00 bits per heavy atom. The summed E-state index contributed by atoms with van der Waals surface area (Å²) in [4.78, 5) is 24.0. The maximum atomic E-state index is 13.2. The van der Waals surface area contributed by atoms with Crippen LogP contribution in [0.2, 0.25) is 0 Å². The van der Waals surface area contributed by atoms with Gasteiger partial charge in [0.2, 0.25) is 0 Å². The third-order valence-corrected chi connectivity index (χ3v) is 5.32. The zero-order chi connectivity index (χ0) is 21.4. The van der Waals surface area contributed by atoms with Gasteiger partial charge in [-0.25, -0.2) is 4.79 Å². The number of rotatable bonds is 4. The standard InChI is InChI=1S/C24H17NO6/c26-24(22-20-7-3-1-5-15(20)9-16-6-2-4-8-21(16)22)30-13-18-11-19(25(27)28)10-17-12-29-14-31-23(17)18/h1-11H,12-14H2. The zero-order valence-corrected chi connectivity index (χ0v) is 16.4. The summed E-state index contributed by atoms with van der Waals surface area (Å²) >= 11 is 0. The van der Waals surface area contributed by atoms with Gasteiger partial charge in [0.15, 0.2) is 6.79 Å². The van der Waals surface area contributed by atoms with Crippen molar-refractivity contribution in [3.05, 3.63) is 93.5 Å². The van der Waals surface area contributed by atoms with Crippen LogP contribution >= 0.6 is 0 Å². The molecule has 1 aliphatic rings. The molecule has 0 unspecified atom stereocenters. The maximum absolute atomic E-state index is 13.2. The SMILES string of the molecule is O=C(OCc1cc([N+](=O)[O-])cc2c1OCOC2)c1c2ccccc2cc2ccccc12. The number of hydrogen-bond acceptors (Lipinski definition) is 6. The van der Waals surface area contributed by atoms with Gasteiger partial charge in [-0.1, -0.05) is 48.5 Å². The van der Waals surface area contributed by atoms with Crippen molar-refractivity contribution < 1.29 is 23.9 Å². The second-order valence-electron chi connectivity index (χ2n) is 7.23. The molecule has 0 saturated carbocycles. The fraction of sp³-hybridized carbons (Fsp3) is 0.125. The summed E-state index contributed by atoms with van der Waals surface area (Å²) in [6.07, 6.45) is 0. The van der Waals surface area contributed by atoms with E-state index < -0.39 is 10.9 Å². The number of benzene rings is 4. The van der Waals surface area contributed by atoms with E-state index in [0.717, 1.165) is 21.5 Å². The van der Waals surface area contributed by atoms with Gasteiger partial charge in [-0.05, 0) is 27.6 Å². The molecular weight excluding hydrogens is 398 g/mol. The molecule has 0 saturated heterocycles. The van der Waals surface area contributed by atoms with E-state index in [0.29, 0.717) is 22.4 Å². The molecular formula is C24H17NO6. The van der Waals surface area contributed by atoms with Gasteiger partial charge in [0, 0.05) is 23.3 Å². The lowest BCUT2D eigenvalue weighted by Crippen LogP contribution is -2.15. The van der Waals surface area contributed by atoms with Crippen LogP contribution in [0.25, 0.3) is 21.5 Å². The van der Waals surface area contributed by atoms with E-state index in [1.165, 1.54) is 12.1 Å². The lowest BCUT2D eigenvalue weighted by atomic mass is 9.97. The van der Waals surface area contributed by atoms with Crippen LogP contribution < -0.4 is 4.74 Å². The van der Waals surface area contributed by atoms with Crippen molar-refractivity contribution in [1.29, 1.82) is 0 Å². The van der Waals surface area contributed by atoms with Crippen molar-refractivity contribution in [3.63, 3.8) is 0 Å². The predicted octanol–water partition coefficient (Wildman–Crippen LogP) is 5.12. The lowest BCUT2D eigenvalue weighted by molar-refractivity contribution is -0.385. The molecule has 0 bridgehead atoms. The molecule has 4 aromatic carbocycles. The Bertz CT molecular complexity index is 1290. The van der Waals surface area contributed by atoms with Gasteiger partial charge in [0.1, 0.15) is 12.4 Å². The van der Waals surface area contributed by atoms with Crippen molar-refractivity contribution in [3.8, 4) is 5.75 Å². The largest absolute Gasteiger partial charge is 0.467 e. The summed E-state index contributed by atoms with van der Waals surface area (Å²) in [6.45, 7) is 0.0893. The molecule has 0 amide bonds. The van der Waals surface area contributed by atoms with E-state index in [1.54, 1.807) is 0 Å². The minimum absolute atomic E-state index is 0.0414. The molecule has 7 heteroatoms. The summed E-state index contributed by atoms with van der Waals surface area (Å²) < 4.78 is 16.4. The topological polar surface area (TPSA) is 87.9 Å². The fourth-order valence-electron chi connectivity index (χ4n) is 3.94. The average molecular weight is 415 g/mol. The van der Waals surface area contributed by atoms with Gasteiger partial charge in [0.25, 0.3) is 5.69 Å². The summed E-state index contributed by atoms with van der Waals surface area (Å²) in [5, 5.41) is 14.7. The number of fused-ring (bicyclic) bond motifs is 3. The van der Waals surface area contributed by atoms with Crippen LogP contribution in [0.3, 0.4) is 0 Å². The molecule has 5 rings (SSSR count). The number of carbonyl (C=O) groups excluding carboxylic acids is 1. The highest BCUT2D eigenvalue weighted by molar-refractivity contribution is 6.16. The molecule has 154 valence electrons. The van der Waals surface area contributed by atoms with Crippen molar-refractivity contribution >= 4 is 33.2 Å². The first-order chi connectivity index (χ1) is 15.1. The molecule has 0 aliphatic carbocycles. The Morgan fingerprint density at radius 2 is 1.68 bits per heavy atom. The monoisotopic (exact) mass is 415 g/mol. The highest BCUT2D eigenvalue weighted by Gasteiger charge is 2.23. The molecule has 7 nitrogen and oxygen atoms in total. The first-order valence-corrected chi connectivity index (χ1v) is 9.70. The Kier molecular flexibility index (Phi) is 4.72. The molecule has 4 aromatic rings. The van der Waals surface area contributed by atoms with Gasteiger partial charge >= 0.3 is 5.97 Å². The number of nitro groups is 1. The number of nitrogens with zero attached hydrogens (tertiary/aromatic N) is 1. The van der Waals surface area contributed by atoms with Crippen LogP contribution in [0.4, 0.5) is 5.69 Å². The molecule has 1 aliphatic heterocycles. The fourth-order valence-corrected chi connectivity index (χ4v) is 3.94. The number of nitro benzene ring substituents is 1. The van der Waals surface area contributed by atoms with E-state index in [9.17, 15) is 14.9 Å². The van der Waals surface area contributed by atoms with E-state index >= 15 is 0 Å². The van der Waals surface area contributed by atoms with Crippen molar-refractivity contribution in [1.82, 2.24) is 0 Å². The van der Waals surface area contributed by atoms with E-state index in [-0.39, 0.29) is 25.7 Å². The van der Waals surface area contributed by atoms with Gasteiger partial charge in [0.05, 0.1) is 17.1 Å². The highest BCUT2D eigenvalue weighted by Crippen LogP contribution is 2.34. The van der Waals surface area contributed by atoms with E-state index in [4.69, 9.17) is 14.2 Å². The number of non-ortho nitro benzene ring substituents is 1.